The fourth-order valence-corrected chi connectivity index (χ4v) is 2.04. The number of carbonyl (C=O) groups excluding carboxylic acids is 2. The lowest BCUT2D eigenvalue weighted by Gasteiger charge is -2.05. The summed E-state index contributed by atoms with van der Waals surface area (Å²) < 4.78 is 0.964. The SMILES string of the molecule is O=C(CCl)NC(=O)Nc1ccc2ncsc2c1. The minimum Gasteiger partial charge on any atom is -0.308 e. The number of hydrogen-bond donors (Lipinski definition) is 2. The van der Waals surface area contributed by atoms with E-state index in [4.69, 9.17) is 11.6 Å². The molecule has 0 atom stereocenters. The number of amides is 3. The van der Waals surface area contributed by atoms with E-state index in [0.29, 0.717) is 5.69 Å². The molecule has 0 saturated carbocycles. The van der Waals surface area contributed by atoms with Crippen LogP contribution in [0.2, 0.25) is 0 Å². The smallest absolute Gasteiger partial charge is 0.308 e. The number of benzene rings is 1. The number of hydrogen-bond acceptors (Lipinski definition) is 4. The molecule has 0 fully saturated rings. The Labute approximate surface area is 106 Å². The van der Waals surface area contributed by atoms with E-state index in [9.17, 15) is 9.59 Å². The zero-order chi connectivity index (χ0) is 12.3. The van der Waals surface area contributed by atoms with E-state index in [-0.39, 0.29) is 5.88 Å². The monoisotopic (exact) mass is 269 g/mol. The van der Waals surface area contributed by atoms with Crippen molar-refractivity contribution in [1.29, 1.82) is 0 Å². The summed E-state index contributed by atoms with van der Waals surface area (Å²) in [5, 5.41) is 4.63. The van der Waals surface area contributed by atoms with Gasteiger partial charge in [0.1, 0.15) is 5.88 Å². The van der Waals surface area contributed by atoms with E-state index in [1.165, 1.54) is 11.3 Å². The van der Waals surface area contributed by atoms with Gasteiger partial charge in [0.2, 0.25) is 5.91 Å². The molecule has 1 aromatic heterocycles. The van der Waals surface area contributed by atoms with Crippen molar-refractivity contribution in [3.8, 4) is 0 Å². The van der Waals surface area contributed by atoms with Crippen molar-refractivity contribution in [3.63, 3.8) is 0 Å². The Kier molecular flexibility index (Phi) is 3.55. The second-order valence-corrected chi connectivity index (χ2v) is 4.32. The van der Waals surface area contributed by atoms with Gasteiger partial charge in [-0.1, -0.05) is 0 Å². The second kappa shape index (κ2) is 5.11. The van der Waals surface area contributed by atoms with E-state index < -0.39 is 11.9 Å². The molecule has 5 nitrogen and oxygen atoms in total. The van der Waals surface area contributed by atoms with Crippen LogP contribution in [0.15, 0.2) is 23.7 Å². The fourth-order valence-electron chi connectivity index (χ4n) is 1.26. The maximum atomic E-state index is 11.3. The lowest BCUT2D eigenvalue weighted by atomic mass is 10.3. The van der Waals surface area contributed by atoms with Gasteiger partial charge in [-0.15, -0.1) is 22.9 Å². The zero-order valence-electron chi connectivity index (χ0n) is 8.57. The Morgan fingerprint density at radius 1 is 1.41 bits per heavy atom. The predicted octanol–water partition coefficient (Wildman–Crippen LogP) is 2.18. The van der Waals surface area contributed by atoms with E-state index in [1.54, 1.807) is 23.7 Å². The maximum Gasteiger partial charge on any atom is 0.325 e. The highest BCUT2D eigenvalue weighted by Crippen LogP contribution is 2.21. The first-order valence-corrected chi connectivity index (χ1v) is 6.10. The van der Waals surface area contributed by atoms with Gasteiger partial charge in [-0.25, -0.2) is 9.78 Å². The third-order valence-corrected chi connectivity index (χ3v) is 3.00. The van der Waals surface area contributed by atoms with Crippen LogP contribution >= 0.6 is 22.9 Å². The quantitative estimate of drug-likeness (QED) is 0.821. The molecule has 0 spiro atoms. The number of halogens is 1. The van der Waals surface area contributed by atoms with Gasteiger partial charge in [0, 0.05) is 5.69 Å². The summed E-state index contributed by atoms with van der Waals surface area (Å²) in [6.45, 7) is 0. The number of imide groups is 1. The Morgan fingerprint density at radius 3 is 3.00 bits per heavy atom. The van der Waals surface area contributed by atoms with Crippen molar-refractivity contribution in [1.82, 2.24) is 10.3 Å². The minimum absolute atomic E-state index is 0.249. The Hall–Kier alpha value is -1.66. The van der Waals surface area contributed by atoms with Crippen molar-refractivity contribution in [2.75, 3.05) is 11.2 Å². The normalized spacial score (nSPS) is 10.2. The summed E-state index contributed by atoms with van der Waals surface area (Å²) in [6.07, 6.45) is 0. The first-order valence-electron chi connectivity index (χ1n) is 4.69. The lowest BCUT2D eigenvalue weighted by Crippen LogP contribution is -2.35. The fraction of sp³-hybridized carbons (Fsp3) is 0.100. The number of alkyl halides is 1. The highest BCUT2D eigenvalue weighted by Gasteiger charge is 2.07. The predicted molar refractivity (Wildman–Crippen MR) is 67.5 cm³/mol. The summed E-state index contributed by atoms with van der Waals surface area (Å²) in [5.41, 5.74) is 3.20. The van der Waals surface area contributed by atoms with Crippen LogP contribution in [-0.4, -0.2) is 22.8 Å². The van der Waals surface area contributed by atoms with Gasteiger partial charge in [-0.2, -0.15) is 0 Å². The molecule has 0 saturated heterocycles. The Morgan fingerprint density at radius 2 is 2.24 bits per heavy atom. The highest BCUT2D eigenvalue weighted by atomic mass is 35.5. The van der Waals surface area contributed by atoms with Gasteiger partial charge in [0.05, 0.1) is 15.7 Å². The van der Waals surface area contributed by atoms with Crippen molar-refractivity contribution in [3.05, 3.63) is 23.7 Å². The number of nitrogens with one attached hydrogen (secondary N) is 2. The molecule has 2 rings (SSSR count). The average molecular weight is 270 g/mol. The van der Waals surface area contributed by atoms with Crippen LogP contribution in [0.5, 0.6) is 0 Å². The number of carbonyl (C=O) groups is 2. The third kappa shape index (κ3) is 2.92. The van der Waals surface area contributed by atoms with Crippen LogP contribution in [0.1, 0.15) is 0 Å². The van der Waals surface area contributed by atoms with E-state index in [2.05, 4.69) is 15.6 Å². The number of anilines is 1. The van der Waals surface area contributed by atoms with Crippen LogP contribution in [-0.2, 0) is 4.79 Å². The number of fused-ring (bicyclic) bond motifs is 1. The molecule has 0 unspecified atom stereocenters. The molecule has 1 heterocycles. The van der Waals surface area contributed by atoms with Gasteiger partial charge in [-0.3, -0.25) is 10.1 Å². The Bertz CT molecular complexity index is 569. The van der Waals surface area contributed by atoms with E-state index in [0.717, 1.165) is 10.2 Å². The van der Waals surface area contributed by atoms with Crippen LogP contribution in [0.4, 0.5) is 10.5 Å². The maximum absolute atomic E-state index is 11.3. The molecule has 17 heavy (non-hydrogen) atoms. The highest BCUT2D eigenvalue weighted by molar-refractivity contribution is 7.16. The van der Waals surface area contributed by atoms with Crippen molar-refractivity contribution >= 4 is 50.8 Å². The van der Waals surface area contributed by atoms with Crippen molar-refractivity contribution in [2.24, 2.45) is 0 Å². The minimum atomic E-state index is -0.598. The second-order valence-electron chi connectivity index (χ2n) is 3.17. The number of nitrogens with zero attached hydrogens (tertiary/aromatic N) is 1. The van der Waals surface area contributed by atoms with Gasteiger partial charge < -0.3 is 5.32 Å². The first kappa shape index (κ1) is 11.8. The number of rotatable bonds is 2. The van der Waals surface area contributed by atoms with Gasteiger partial charge in [-0.05, 0) is 18.2 Å². The van der Waals surface area contributed by atoms with Gasteiger partial charge in [0.25, 0.3) is 0 Å². The summed E-state index contributed by atoms with van der Waals surface area (Å²) in [5.74, 6) is -0.788. The summed E-state index contributed by atoms with van der Waals surface area (Å²) in [4.78, 5) is 26.3. The van der Waals surface area contributed by atoms with Crippen molar-refractivity contribution in [2.45, 2.75) is 0 Å². The first-order chi connectivity index (χ1) is 8.19. The van der Waals surface area contributed by atoms with E-state index >= 15 is 0 Å². The van der Waals surface area contributed by atoms with Crippen LogP contribution in [0.25, 0.3) is 10.2 Å². The molecule has 2 N–H and O–H groups in total. The summed E-state index contributed by atoms with van der Waals surface area (Å²) in [7, 11) is 0. The molecule has 2 aromatic rings. The van der Waals surface area contributed by atoms with Crippen molar-refractivity contribution < 1.29 is 9.59 Å². The molecular weight excluding hydrogens is 262 g/mol. The van der Waals surface area contributed by atoms with Crippen LogP contribution in [0.3, 0.4) is 0 Å². The number of urea groups is 1. The molecule has 0 aliphatic carbocycles. The lowest BCUT2D eigenvalue weighted by molar-refractivity contribution is -0.117. The van der Waals surface area contributed by atoms with Gasteiger partial charge >= 0.3 is 6.03 Å². The average Bonchev–Trinajstić information content (AvgIpc) is 2.75. The summed E-state index contributed by atoms with van der Waals surface area (Å²) in [6, 6.07) is 4.70. The molecular formula is C10H8ClN3O2S. The molecule has 88 valence electrons. The molecule has 1 aromatic carbocycles. The third-order valence-electron chi connectivity index (χ3n) is 1.96. The molecule has 0 bridgehead atoms. The molecule has 7 heteroatoms. The molecule has 0 aliphatic heterocycles. The molecule has 0 radical (unpaired) electrons. The number of thiazole rings is 1. The molecule has 3 amide bonds. The summed E-state index contributed by atoms with van der Waals surface area (Å²) >= 11 is 6.74. The van der Waals surface area contributed by atoms with Crippen LogP contribution < -0.4 is 10.6 Å². The number of aromatic nitrogens is 1. The zero-order valence-corrected chi connectivity index (χ0v) is 10.1. The standard InChI is InChI=1S/C10H8ClN3O2S/c11-4-9(15)14-10(16)13-6-1-2-7-8(3-6)17-5-12-7/h1-3,5H,4H2,(H2,13,14,15,16). The largest absolute Gasteiger partial charge is 0.325 e. The molecule has 0 aliphatic rings. The van der Waals surface area contributed by atoms with Crippen LogP contribution in [0, 0.1) is 0 Å². The van der Waals surface area contributed by atoms with Gasteiger partial charge in [0.15, 0.2) is 0 Å². The Balaban J connectivity index is 2.07. The van der Waals surface area contributed by atoms with E-state index in [1.807, 2.05) is 0 Å². The topological polar surface area (TPSA) is 71.1 Å².